The van der Waals surface area contributed by atoms with Gasteiger partial charge >= 0.3 is 49.4 Å². The minimum atomic E-state index is -0.616. The van der Waals surface area contributed by atoms with Crippen molar-refractivity contribution in [3.8, 4) is 0 Å². The normalized spacial score (nSPS) is 27.2. The van der Waals surface area contributed by atoms with E-state index in [1.54, 1.807) is 0 Å². The number of halogens is 2. The second-order valence-corrected chi connectivity index (χ2v) is 18.6. The Labute approximate surface area is 157 Å². The van der Waals surface area contributed by atoms with Gasteiger partial charge in [0.1, 0.15) is 5.78 Å². The topological polar surface area (TPSA) is 38.8 Å². The van der Waals surface area contributed by atoms with Gasteiger partial charge in [0.25, 0.3) is 0 Å². The van der Waals surface area contributed by atoms with Gasteiger partial charge in [0.2, 0.25) is 0 Å². The Bertz CT molecular complexity index is 343. The molecule has 4 nitrogen and oxygen atoms in total. The predicted octanol–water partition coefficient (Wildman–Crippen LogP) is 3.46. The first-order chi connectivity index (χ1) is 9.73. The van der Waals surface area contributed by atoms with Crippen LogP contribution in [0.2, 0.25) is 0 Å². The van der Waals surface area contributed by atoms with E-state index in [1.807, 2.05) is 14.1 Å². The van der Waals surface area contributed by atoms with Crippen molar-refractivity contribution < 1.29 is 23.7 Å². The summed E-state index contributed by atoms with van der Waals surface area (Å²) in [7, 11) is 4.64. The number of ether oxygens (including phenoxy) is 2. The van der Waals surface area contributed by atoms with Gasteiger partial charge in [-0.2, -0.15) is 0 Å². The van der Waals surface area contributed by atoms with Crippen LogP contribution in [0.25, 0.3) is 0 Å². The quantitative estimate of drug-likeness (QED) is 0.486. The number of hydrogen-bond donors (Lipinski definition) is 0. The molecule has 1 saturated heterocycles. The van der Waals surface area contributed by atoms with Crippen LogP contribution in [0.3, 0.4) is 0 Å². The second-order valence-electron chi connectivity index (χ2n) is 6.86. The van der Waals surface area contributed by atoms with Gasteiger partial charge in [-0.15, -0.1) is 0 Å². The summed E-state index contributed by atoms with van der Waals surface area (Å²) < 4.78 is 11.8. The van der Waals surface area contributed by atoms with Crippen molar-refractivity contribution in [1.29, 1.82) is 0 Å². The first-order valence-corrected chi connectivity index (χ1v) is 16.1. The van der Waals surface area contributed by atoms with Crippen molar-refractivity contribution >= 4 is 45.7 Å². The average molecular weight is 560 g/mol. The molecule has 1 heterocycles. The Morgan fingerprint density at radius 1 is 1.29 bits per heavy atom. The van der Waals surface area contributed by atoms with Gasteiger partial charge in [-0.05, 0) is 20.5 Å². The van der Waals surface area contributed by atoms with Crippen molar-refractivity contribution in [1.82, 2.24) is 4.90 Å². The molecule has 0 radical (unpaired) electrons. The van der Waals surface area contributed by atoms with E-state index in [0.717, 1.165) is 19.4 Å². The number of ketones is 1. The zero-order valence-corrected chi connectivity index (χ0v) is 18.9. The van der Waals surface area contributed by atoms with E-state index in [4.69, 9.17) is 9.47 Å². The zero-order valence-electron chi connectivity index (χ0n) is 13.2. The summed E-state index contributed by atoms with van der Waals surface area (Å²) in [5.74, 6) is -0.183. The van der Waals surface area contributed by atoms with E-state index >= 15 is 0 Å². The molecule has 2 fully saturated rings. The maximum atomic E-state index is 12.2. The summed E-state index contributed by atoms with van der Waals surface area (Å²) in [5.41, 5.74) is 0.0643. The first kappa shape index (κ1) is 20.6. The number of carbonyl (C=O) groups is 1. The molecule has 2 rings (SSSR count). The standard InChI is InChI=1S/C14H25NO3.2HI.V/c1-13(2)9-17-14(18-10-13)6-5-11(8-15(3)4)12(16)7-14;;;/h11H,5-10H2,1-4H3;2*1H;/q;;;+2/p-2. The third-order valence-corrected chi connectivity index (χ3v) is 3.81. The summed E-state index contributed by atoms with van der Waals surface area (Å²) in [6.45, 7) is 6.44. The van der Waals surface area contributed by atoms with E-state index in [0.29, 0.717) is 29.1 Å². The van der Waals surface area contributed by atoms with Gasteiger partial charge < -0.3 is 14.4 Å². The molecule has 1 spiro atoms. The SMILES string of the molecule is CN(C)CC1CCC2(CC1=O)OCC(C)(C)CO2.[I][V][I]. The predicted molar refractivity (Wildman–Crippen MR) is 97.4 cm³/mol. The van der Waals surface area contributed by atoms with Crippen LogP contribution in [0.15, 0.2) is 0 Å². The Hall–Kier alpha value is 1.59. The molecule has 1 atom stereocenters. The van der Waals surface area contributed by atoms with Crippen LogP contribution < -0.4 is 0 Å². The van der Waals surface area contributed by atoms with Crippen molar-refractivity contribution in [2.75, 3.05) is 33.9 Å². The van der Waals surface area contributed by atoms with Crippen LogP contribution in [0.4, 0.5) is 0 Å². The van der Waals surface area contributed by atoms with Gasteiger partial charge in [-0.25, -0.2) is 0 Å². The third kappa shape index (κ3) is 6.93. The number of carbonyl (C=O) groups excluding carboxylic acids is 1. The molecule has 123 valence electrons. The van der Waals surface area contributed by atoms with E-state index < -0.39 is 5.79 Å². The number of rotatable bonds is 2. The second kappa shape index (κ2) is 9.18. The van der Waals surface area contributed by atoms with Crippen molar-refractivity contribution in [2.45, 2.75) is 38.9 Å². The Balaban J connectivity index is 0.000000677. The monoisotopic (exact) mass is 560 g/mol. The van der Waals surface area contributed by atoms with Gasteiger partial charge in [0.15, 0.2) is 5.79 Å². The molecular weight excluding hydrogens is 535 g/mol. The van der Waals surface area contributed by atoms with E-state index in [-0.39, 0.29) is 17.1 Å². The van der Waals surface area contributed by atoms with Gasteiger partial charge in [-0.3, -0.25) is 4.79 Å². The number of nitrogens with zero attached hydrogens (tertiary/aromatic N) is 1. The average Bonchev–Trinajstić information content (AvgIpc) is 2.38. The molecule has 0 N–H and O–H groups in total. The van der Waals surface area contributed by atoms with E-state index in [9.17, 15) is 4.79 Å². The van der Waals surface area contributed by atoms with Gasteiger partial charge in [0, 0.05) is 24.3 Å². The molecule has 2 aliphatic rings. The van der Waals surface area contributed by atoms with E-state index in [1.165, 1.54) is 0 Å². The molecule has 0 amide bonds. The van der Waals surface area contributed by atoms with Crippen molar-refractivity contribution in [3.63, 3.8) is 0 Å². The summed E-state index contributed by atoms with van der Waals surface area (Å²) >= 11 is 4.74. The van der Waals surface area contributed by atoms with Crippen LogP contribution >= 0.6 is 40.0 Å². The molecule has 0 bridgehead atoms. The van der Waals surface area contributed by atoms with Crippen molar-refractivity contribution in [3.05, 3.63) is 0 Å². The summed E-state index contributed by atoms with van der Waals surface area (Å²) in [6, 6.07) is 0. The van der Waals surface area contributed by atoms with Crippen LogP contribution in [0.5, 0.6) is 0 Å². The van der Waals surface area contributed by atoms with Crippen molar-refractivity contribution in [2.24, 2.45) is 11.3 Å². The molecule has 21 heavy (non-hydrogen) atoms. The molecule has 0 aromatic rings. The zero-order chi connectivity index (χ0) is 16.1. The molecule has 1 aliphatic heterocycles. The molecule has 0 aromatic heterocycles. The summed E-state index contributed by atoms with van der Waals surface area (Å²) in [4.78, 5) is 14.3. The minimum absolute atomic E-state index is 0.0643. The van der Waals surface area contributed by atoms with Gasteiger partial charge in [0.05, 0.1) is 19.6 Å². The molecule has 1 saturated carbocycles. The molecule has 1 aliphatic carbocycles. The molecular formula is C14H25I2NO3V. The van der Waals surface area contributed by atoms with Crippen LogP contribution in [0, 0.1) is 11.3 Å². The fraction of sp³-hybridized carbons (Fsp3) is 0.929. The summed E-state index contributed by atoms with van der Waals surface area (Å²) in [5, 5.41) is 0. The number of Topliss-reactive ketones (excluding diaryl/α,β-unsaturated/α-hetero) is 1. The number of hydrogen-bond acceptors (Lipinski definition) is 4. The molecule has 1 unspecified atom stereocenters. The summed E-state index contributed by atoms with van der Waals surface area (Å²) in [6.07, 6.45) is 2.13. The Kier molecular flexibility index (Phi) is 9.02. The maximum absolute atomic E-state index is 12.2. The fourth-order valence-electron chi connectivity index (χ4n) is 2.67. The van der Waals surface area contributed by atoms with Crippen LogP contribution in [0.1, 0.15) is 33.1 Å². The first-order valence-electron chi connectivity index (χ1n) is 7.11. The Morgan fingerprint density at radius 2 is 1.81 bits per heavy atom. The van der Waals surface area contributed by atoms with Crippen LogP contribution in [-0.4, -0.2) is 50.3 Å². The molecule has 7 heteroatoms. The Morgan fingerprint density at radius 3 is 2.24 bits per heavy atom. The third-order valence-electron chi connectivity index (χ3n) is 3.81. The fourth-order valence-corrected chi connectivity index (χ4v) is 2.67. The van der Waals surface area contributed by atoms with Gasteiger partial charge in [-0.1, -0.05) is 13.8 Å². The van der Waals surface area contributed by atoms with E-state index in [2.05, 4.69) is 58.7 Å². The molecule has 0 aromatic carbocycles. The van der Waals surface area contributed by atoms with Crippen LogP contribution in [-0.2, 0) is 23.7 Å².